The van der Waals surface area contributed by atoms with Crippen LogP contribution in [0.15, 0.2) is 48.0 Å². The molecule has 2 aromatic carbocycles. The van der Waals surface area contributed by atoms with Crippen molar-refractivity contribution in [3.8, 4) is 0 Å². The highest BCUT2D eigenvalue weighted by atomic mass is 16.1. The summed E-state index contributed by atoms with van der Waals surface area (Å²) in [5.74, 6) is 1.00. The molecule has 0 amide bonds. The number of nitrogens with two attached hydrogens (primary N) is 2. The smallest absolute Gasteiger partial charge is 0.106 e. The summed E-state index contributed by atoms with van der Waals surface area (Å²) in [6.45, 7) is 13.1. The third-order valence-electron chi connectivity index (χ3n) is 5.03. The summed E-state index contributed by atoms with van der Waals surface area (Å²) < 4.78 is 0. The normalized spacial score (nSPS) is 12.8. The predicted octanol–water partition coefficient (Wildman–Crippen LogP) is 5.64. The molecule has 0 spiro atoms. The molecule has 0 unspecified atom stereocenters. The van der Waals surface area contributed by atoms with Crippen LogP contribution in [0.25, 0.3) is 5.70 Å². The van der Waals surface area contributed by atoms with E-state index >= 15 is 0 Å². The van der Waals surface area contributed by atoms with Gasteiger partial charge in [-0.25, -0.2) is 0 Å². The molecule has 0 heterocycles. The van der Waals surface area contributed by atoms with Crippen LogP contribution in [0.2, 0.25) is 0 Å². The van der Waals surface area contributed by atoms with Crippen LogP contribution in [0.1, 0.15) is 49.3 Å². The van der Waals surface area contributed by atoms with Crippen molar-refractivity contribution < 1.29 is 4.79 Å². The highest BCUT2D eigenvalue weighted by molar-refractivity contribution is 5.84. The Morgan fingerprint density at radius 3 is 2.30 bits per heavy atom. The molecule has 1 aliphatic carbocycles. The van der Waals surface area contributed by atoms with Crippen molar-refractivity contribution in [2.24, 2.45) is 16.6 Å². The van der Waals surface area contributed by atoms with E-state index in [0.717, 1.165) is 46.3 Å². The molecule has 5 heteroatoms. The fourth-order valence-electron chi connectivity index (χ4n) is 3.40. The van der Waals surface area contributed by atoms with Crippen LogP contribution in [0.3, 0.4) is 0 Å². The average Bonchev–Trinajstić information content (AvgIpc) is 2.68. The van der Waals surface area contributed by atoms with E-state index in [1.807, 2.05) is 38.0 Å². The van der Waals surface area contributed by atoms with Crippen LogP contribution in [0.4, 0.5) is 17.1 Å². The quantitative estimate of drug-likeness (QED) is 0.426. The lowest BCUT2D eigenvalue weighted by molar-refractivity contribution is -0.0979. The molecule has 30 heavy (non-hydrogen) atoms. The summed E-state index contributed by atoms with van der Waals surface area (Å²) in [5, 5.41) is 3.32. The van der Waals surface area contributed by atoms with E-state index in [1.54, 1.807) is 6.21 Å². The molecule has 1 fully saturated rings. The lowest BCUT2D eigenvalue weighted by Crippen LogP contribution is -2.15. The Morgan fingerprint density at radius 1 is 1.20 bits per heavy atom. The fourth-order valence-corrected chi connectivity index (χ4v) is 3.40. The van der Waals surface area contributed by atoms with Gasteiger partial charge in [-0.2, -0.15) is 0 Å². The number of aliphatic imine (C=N–C) groups is 1. The number of rotatable bonds is 6. The van der Waals surface area contributed by atoms with Crippen molar-refractivity contribution in [2.45, 2.75) is 46.5 Å². The van der Waals surface area contributed by atoms with Gasteiger partial charge in [0, 0.05) is 28.8 Å². The van der Waals surface area contributed by atoms with E-state index < -0.39 is 0 Å². The second-order valence-corrected chi connectivity index (χ2v) is 7.46. The zero-order valence-corrected chi connectivity index (χ0v) is 18.6. The van der Waals surface area contributed by atoms with Crippen molar-refractivity contribution in [3.63, 3.8) is 0 Å². The number of nitrogen functional groups attached to an aromatic ring is 1. The molecule has 0 radical (unpaired) electrons. The van der Waals surface area contributed by atoms with Gasteiger partial charge in [-0.1, -0.05) is 31.9 Å². The number of hydrogen-bond acceptors (Lipinski definition) is 5. The van der Waals surface area contributed by atoms with Crippen molar-refractivity contribution in [2.75, 3.05) is 17.6 Å². The first-order chi connectivity index (χ1) is 14.4. The largest absolute Gasteiger partial charge is 0.399 e. The maximum atomic E-state index is 8.00. The van der Waals surface area contributed by atoms with Gasteiger partial charge in [-0.3, -0.25) is 4.99 Å². The molecule has 0 bridgehead atoms. The highest BCUT2D eigenvalue weighted by Crippen LogP contribution is 2.31. The van der Waals surface area contributed by atoms with Gasteiger partial charge in [0.1, 0.15) is 6.79 Å². The number of anilines is 2. The Balaban J connectivity index is 0.000000418. The summed E-state index contributed by atoms with van der Waals surface area (Å²) in [5.41, 5.74) is 17.9. The third kappa shape index (κ3) is 7.84. The lowest BCUT2D eigenvalue weighted by atomic mass is 9.83. The summed E-state index contributed by atoms with van der Waals surface area (Å²) in [4.78, 5) is 12.5. The third-order valence-corrected chi connectivity index (χ3v) is 5.03. The standard InChI is InChI=1S/C18H21N3.C6H13N.CH2O/c1-5-20-17-11-12(2)10-13(3)18(17)14(4)21-16-8-6-15(19)7-9-16;7-5-4-6-2-1-3-6;1-2/h5-11,21H,4,19H2,1-3H3;6H,1-5,7H2;1H2. The van der Waals surface area contributed by atoms with E-state index in [4.69, 9.17) is 16.3 Å². The van der Waals surface area contributed by atoms with Crippen LogP contribution in [-0.2, 0) is 4.79 Å². The minimum absolute atomic E-state index is 0.744. The summed E-state index contributed by atoms with van der Waals surface area (Å²) in [6, 6.07) is 11.8. The Hall–Kier alpha value is -2.92. The number of nitrogens with one attached hydrogen (secondary N) is 1. The molecule has 5 nitrogen and oxygen atoms in total. The maximum absolute atomic E-state index is 8.00. The van der Waals surface area contributed by atoms with Crippen molar-refractivity contribution in [3.05, 3.63) is 59.7 Å². The van der Waals surface area contributed by atoms with E-state index in [1.165, 1.54) is 31.2 Å². The summed E-state index contributed by atoms with van der Waals surface area (Å²) >= 11 is 0. The summed E-state index contributed by atoms with van der Waals surface area (Å²) in [6.07, 6.45) is 7.40. The van der Waals surface area contributed by atoms with Gasteiger partial charge in [-0.15, -0.1) is 0 Å². The van der Waals surface area contributed by atoms with Crippen molar-refractivity contribution in [1.82, 2.24) is 0 Å². The number of carbonyl (C=O) groups excluding carboxylic acids is 1. The van der Waals surface area contributed by atoms with Gasteiger partial charge in [0.25, 0.3) is 0 Å². The number of carbonyl (C=O) groups is 1. The Kier molecular flexibility index (Phi) is 11.2. The van der Waals surface area contributed by atoms with Crippen LogP contribution < -0.4 is 16.8 Å². The monoisotopic (exact) mass is 408 g/mol. The molecular formula is C25H36N4O. The van der Waals surface area contributed by atoms with Crippen LogP contribution in [0.5, 0.6) is 0 Å². The highest BCUT2D eigenvalue weighted by Gasteiger charge is 2.15. The minimum Gasteiger partial charge on any atom is -0.399 e. The number of aryl methyl sites for hydroxylation is 2. The number of nitrogens with zero attached hydrogens (tertiary/aromatic N) is 1. The van der Waals surface area contributed by atoms with Crippen LogP contribution in [-0.4, -0.2) is 19.5 Å². The predicted molar refractivity (Wildman–Crippen MR) is 131 cm³/mol. The first-order valence-corrected chi connectivity index (χ1v) is 10.3. The maximum Gasteiger partial charge on any atom is 0.106 e. The molecule has 2 aromatic rings. The lowest BCUT2D eigenvalue weighted by Gasteiger charge is -2.23. The number of hydrogen-bond donors (Lipinski definition) is 3. The molecule has 5 N–H and O–H groups in total. The first kappa shape index (κ1) is 25.1. The Morgan fingerprint density at radius 2 is 1.83 bits per heavy atom. The van der Waals surface area contributed by atoms with Gasteiger partial charge >= 0.3 is 0 Å². The molecule has 3 rings (SSSR count). The molecule has 1 saturated carbocycles. The molecule has 0 aromatic heterocycles. The van der Waals surface area contributed by atoms with E-state index in [2.05, 4.69) is 42.9 Å². The molecule has 0 aliphatic heterocycles. The molecule has 0 saturated heterocycles. The molecule has 162 valence electrons. The Labute approximate surface area is 181 Å². The van der Waals surface area contributed by atoms with Crippen molar-refractivity contribution >= 4 is 35.8 Å². The molecular weight excluding hydrogens is 372 g/mol. The Bertz CT molecular complexity index is 824. The zero-order chi connectivity index (χ0) is 22.5. The number of benzene rings is 2. The average molecular weight is 409 g/mol. The van der Waals surface area contributed by atoms with Gasteiger partial charge in [0.15, 0.2) is 0 Å². The zero-order valence-electron chi connectivity index (χ0n) is 18.6. The van der Waals surface area contributed by atoms with Crippen molar-refractivity contribution in [1.29, 1.82) is 0 Å². The minimum atomic E-state index is 0.744. The van der Waals surface area contributed by atoms with Crippen LogP contribution >= 0.6 is 0 Å². The first-order valence-electron chi connectivity index (χ1n) is 10.3. The van der Waals surface area contributed by atoms with E-state index in [0.29, 0.717) is 0 Å². The topological polar surface area (TPSA) is 93.5 Å². The SMILES string of the molecule is C=C(Nc1ccc(N)cc1)c1c(C)cc(C)cc1N=CC.C=O.NCCC1CCC1. The van der Waals surface area contributed by atoms with E-state index in [-0.39, 0.29) is 0 Å². The van der Waals surface area contributed by atoms with Gasteiger partial charge < -0.3 is 21.6 Å². The molecule has 0 atom stereocenters. The van der Waals surface area contributed by atoms with E-state index in [9.17, 15) is 0 Å². The van der Waals surface area contributed by atoms with Gasteiger partial charge in [0.05, 0.1) is 5.69 Å². The second-order valence-electron chi connectivity index (χ2n) is 7.46. The van der Waals surface area contributed by atoms with Crippen LogP contribution in [0, 0.1) is 19.8 Å². The van der Waals surface area contributed by atoms with Gasteiger partial charge in [-0.05, 0) is 81.1 Å². The van der Waals surface area contributed by atoms with Gasteiger partial charge in [0.2, 0.25) is 0 Å². The summed E-state index contributed by atoms with van der Waals surface area (Å²) in [7, 11) is 0. The second kappa shape index (κ2) is 13.3. The fraction of sp³-hybridized carbons (Fsp3) is 0.360. The molecule has 1 aliphatic rings.